The Morgan fingerprint density at radius 2 is 1.71 bits per heavy atom. The van der Waals surface area contributed by atoms with E-state index >= 15 is 0 Å². The number of nitrogens with zero attached hydrogens (tertiary/aromatic N) is 1. The Kier molecular flexibility index (Phi) is 8.77. The Morgan fingerprint density at radius 1 is 1.14 bits per heavy atom. The SMILES string of the molecule is C=C(C)C(=O)OCCC[N+](C)(C)CCCCCS(=O)(=O)[O-]. The van der Waals surface area contributed by atoms with Crippen molar-refractivity contribution in [1.29, 1.82) is 0 Å². The van der Waals surface area contributed by atoms with E-state index in [0.717, 1.165) is 36.8 Å². The second-order valence-corrected chi connectivity index (χ2v) is 7.50. The van der Waals surface area contributed by atoms with Crippen LogP contribution in [0.25, 0.3) is 0 Å². The first kappa shape index (κ1) is 20.1. The molecule has 0 radical (unpaired) electrons. The van der Waals surface area contributed by atoms with Gasteiger partial charge in [-0.05, 0) is 26.2 Å². The van der Waals surface area contributed by atoms with Crippen LogP contribution in [-0.4, -0.2) is 63.0 Å². The summed E-state index contributed by atoms with van der Waals surface area (Å²) in [5.74, 6) is -0.642. The molecule has 0 saturated heterocycles. The molecule has 0 unspecified atom stereocenters. The van der Waals surface area contributed by atoms with Crippen molar-refractivity contribution in [3.63, 3.8) is 0 Å². The zero-order valence-corrected chi connectivity index (χ0v) is 14.1. The Labute approximate surface area is 128 Å². The van der Waals surface area contributed by atoms with E-state index in [1.165, 1.54) is 0 Å². The molecule has 7 heteroatoms. The number of carbonyl (C=O) groups is 1. The number of hydrogen-bond acceptors (Lipinski definition) is 5. The highest BCUT2D eigenvalue weighted by molar-refractivity contribution is 7.85. The lowest BCUT2D eigenvalue weighted by molar-refractivity contribution is -0.890. The van der Waals surface area contributed by atoms with Gasteiger partial charge in [-0.2, -0.15) is 0 Å². The molecular formula is C14H27NO5S. The molecule has 0 amide bonds. The van der Waals surface area contributed by atoms with Crippen LogP contribution in [0.4, 0.5) is 0 Å². The topological polar surface area (TPSA) is 83.5 Å². The summed E-state index contributed by atoms with van der Waals surface area (Å²) in [6.07, 6.45) is 2.78. The zero-order valence-electron chi connectivity index (χ0n) is 13.3. The van der Waals surface area contributed by atoms with Gasteiger partial charge < -0.3 is 13.8 Å². The third-order valence-corrected chi connectivity index (χ3v) is 3.94. The lowest BCUT2D eigenvalue weighted by atomic mass is 10.2. The monoisotopic (exact) mass is 321 g/mol. The van der Waals surface area contributed by atoms with Crippen LogP contribution < -0.4 is 0 Å². The summed E-state index contributed by atoms with van der Waals surface area (Å²) in [5.41, 5.74) is 0.400. The Hall–Kier alpha value is -0.920. The van der Waals surface area contributed by atoms with Crippen molar-refractivity contribution in [2.45, 2.75) is 32.6 Å². The number of quaternary nitrogens is 1. The smallest absolute Gasteiger partial charge is 0.333 e. The third kappa shape index (κ3) is 12.5. The number of ether oxygens (including phenoxy) is 1. The molecule has 6 nitrogen and oxygen atoms in total. The van der Waals surface area contributed by atoms with Crippen molar-refractivity contribution in [2.75, 3.05) is 39.5 Å². The number of hydrogen-bond donors (Lipinski definition) is 0. The van der Waals surface area contributed by atoms with Crippen LogP contribution in [0.2, 0.25) is 0 Å². The van der Waals surface area contributed by atoms with Crippen LogP contribution in [-0.2, 0) is 19.6 Å². The van der Waals surface area contributed by atoms with Gasteiger partial charge in [0.25, 0.3) is 0 Å². The Balaban J connectivity index is 3.74. The number of unbranched alkanes of at least 4 members (excludes halogenated alkanes) is 2. The van der Waals surface area contributed by atoms with Crippen LogP contribution in [0.1, 0.15) is 32.6 Å². The van der Waals surface area contributed by atoms with Gasteiger partial charge in [0.1, 0.15) is 0 Å². The Morgan fingerprint density at radius 3 is 2.24 bits per heavy atom. The summed E-state index contributed by atoms with van der Waals surface area (Å²) in [7, 11) is 0.0651. The fraction of sp³-hybridized carbons (Fsp3) is 0.786. The second-order valence-electron chi connectivity index (χ2n) is 5.98. The van der Waals surface area contributed by atoms with Gasteiger partial charge in [-0.3, -0.25) is 0 Å². The van der Waals surface area contributed by atoms with Gasteiger partial charge in [-0.15, -0.1) is 0 Å². The molecule has 0 atom stereocenters. The van der Waals surface area contributed by atoms with E-state index in [1.54, 1.807) is 6.92 Å². The van der Waals surface area contributed by atoms with Gasteiger partial charge in [-0.25, -0.2) is 13.2 Å². The van der Waals surface area contributed by atoms with E-state index in [9.17, 15) is 17.8 Å². The summed E-state index contributed by atoms with van der Waals surface area (Å²) in [6.45, 7) is 7.27. The molecular weight excluding hydrogens is 294 g/mol. The predicted octanol–water partition coefficient (Wildman–Crippen LogP) is 1.29. The highest BCUT2D eigenvalue weighted by atomic mass is 32.2. The molecule has 0 aromatic heterocycles. The van der Waals surface area contributed by atoms with Gasteiger partial charge in [0.2, 0.25) is 0 Å². The lowest BCUT2D eigenvalue weighted by Gasteiger charge is -2.29. The molecule has 0 aromatic carbocycles. The predicted molar refractivity (Wildman–Crippen MR) is 80.6 cm³/mol. The summed E-state index contributed by atoms with van der Waals surface area (Å²) in [5, 5.41) is 0. The van der Waals surface area contributed by atoms with Crippen LogP contribution in [0.5, 0.6) is 0 Å². The molecule has 0 aliphatic carbocycles. The molecule has 0 aliphatic heterocycles. The first-order chi connectivity index (χ1) is 9.53. The summed E-state index contributed by atoms with van der Waals surface area (Å²) in [6, 6.07) is 0. The van der Waals surface area contributed by atoms with Gasteiger partial charge >= 0.3 is 5.97 Å². The number of rotatable bonds is 11. The van der Waals surface area contributed by atoms with Crippen LogP contribution >= 0.6 is 0 Å². The Bertz CT molecular complexity index is 442. The average molecular weight is 321 g/mol. The zero-order chi connectivity index (χ0) is 16.5. The third-order valence-electron chi connectivity index (χ3n) is 3.15. The fourth-order valence-electron chi connectivity index (χ4n) is 1.89. The first-order valence-corrected chi connectivity index (χ1v) is 8.69. The van der Waals surface area contributed by atoms with Crippen molar-refractivity contribution in [3.8, 4) is 0 Å². The molecule has 0 fully saturated rings. The molecule has 0 bridgehead atoms. The van der Waals surface area contributed by atoms with E-state index in [-0.39, 0.29) is 11.7 Å². The highest BCUT2D eigenvalue weighted by Gasteiger charge is 2.14. The number of carbonyl (C=O) groups excluding carboxylic acids is 1. The van der Waals surface area contributed by atoms with Gasteiger partial charge in [0.05, 0.1) is 43.9 Å². The van der Waals surface area contributed by atoms with Gasteiger partial charge in [0, 0.05) is 17.7 Å². The van der Waals surface area contributed by atoms with Crippen LogP contribution in [0, 0.1) is 0 Å². The molecule has 0 N–H and O–H groups in total. The van der Waals surface area contributed by atoms with Crippen LogP contribution in [0.15, 0.2) is 12.2 Å². The molecule has 0 heterocycles. The summed E-state index contributed by atoms with van der Waals surface area (Å²) < 4.78 is 37.2. The van der Waals surface area contributed by atoms with Gasteiger partial charge in [-0.1, -0.05) is 6.58 Å². The van der Waals surface area contributed by atoms with Gasteiger partial charge in [0.15, 0.2) is 0 Å². The number of esters is 1. The van der Waals surface area contributed by atoms with E-state index in [1.807, 2.05) is 0 Å². The fourth-order valence-corrected chi connectivity index (χ4v) is 2.45. The van der Waals surface area contributed by atoms with Crippen molar-refractivity contribution < 1.29 is 27.0 Å². The maximum absolute atomic E-state index is 11.2. The molecule has 0 aromatic rings. The maximum Gasteiger partial charge on any atom is 0.333 e. The lowest BCUT2D eigenvalue weighted by Crippen LogP contribution is -2.41. The summed E-state index contributed by atoms with van der Waals surface area (Å²) >= 11 is 0. The second kappa shape index (κ2) is 9.17. The summed E-state index contributed by atoms with van der Waals surface area (Å²) in [4.78, 5) is 11.2. The van der Waals surface area contributed by atoms with Crippen molar-refractivity contribution in [3.05, 3.63) is 12.2 Å². The van der Waals surface area contributed by atoms with E-state index in [2.05, 4.69) is 20.7 Å². The largest absolute Gasteiger partial charge is 0.748 e. The minimum atomic E-state index is -4.08. The van der Waals surface area contributed by atoms with E-state index in [0.29, 0.717) is 18.6 Å². The van der Waals surface area contributed by atoms with E-state index in [4.69, 9.17) is 4.74 Å². The normalized spacial score (nSPS) is 12.2. The molecule has 0 spiro atoms. The molecule has 0 aliphatic rings. The molecule has 0 saturated carbocycles. The average Bonchev–Trinajstić information content (AvgIpc) is 2.32. The van der Waals surface area contributed by atoms with Crippen molar-refractivity contribution in [2.24, 2.45) is 0 Å². The minimum Gasteiger partial charge on any atom is -0.748 e. The minimum absolute atomic E-state index is 0.280. The molecule has 124 valence electrons. The standard InChI is InChI=1S/C14H27NO5S/c1-13(2)14(16)20-11-8-10-15(3,4)9-6-5-7-12-21(17,18)19/h1,5-12H2,2-4H3. The molecule has 0 rings (SSSR count). The van der Waals surface area contributed by atoms with Crippen molar-refractivity contribution in [1.82, 2.24) is 0 Å². The highest BCUT2D eigenvalue weighted by Crippen LogP contribution is 2.06. The van der Waals surface area contributed by atoms with Crippen LogP contribution in [0.3, 0.4) is 0 Å². The quantitative estimate of drug-likeness (QED) is 0.188. The molecule has 21 heavy (non-hydrogen) atoms. The van der Waals surface area contributed by atoms with Crippen molar-refractivity contribution >= 4 is 16.1 Å². The first-order valence-electron chi connectivity index (χ1n) is 7.12. The maximum atomic E-state index is 11.2. The van der Waals surface area contributed by atoms with E-state index < -0.39 is 10.1 Å².